The van der Waals surface area contributed by atoms with Gasteiger partial charge in [-0.1, -0.05) is 11.6 Å². The van der Waals surface area contributed by atoms with Crippen molar-refractivity contribution in [2.24, 2.45) is 0 Å². The predicted octanol–water partition coefficient (Wildman–Crippen LogP) is 1.88. The van der Waals surface area contributed by atoms with E-state index in [-0.39, 0.29) is 12.6 Å². The monoisotopic (exact) mass is 240 g/mol. The molecule has 1 aliphatic rings. The molecule has 4 heteroatoms. The minimum absolute atomic E-state index is 0.222. The van der Waals surface area contributed by atoms with E-state index < -0.39 is 0 Å². The molecule has 1 saturated heterocycles. The van der Waals surface area contributed by atoms with Gasteiger partial charge in [-0.3, -0.25) is 4.90 Å². The Morgan fingerprint density at radius 2 is 2.31 bits per heavy atom. The number of aliphatic hydroxyl groups excluding tert-OH is 1. The summed E-state index contributed by atoms with van der Waals surface area (Å²) in [5.41, 5.74) is 7.52. The van der Waals surface area contributed by atoms with Crippen LogP contribution in [0.4, 0.5) is 5.69 Å². The maximum atomic E-state index is 9.24. The molecule has 1 aromatic carbocycles. The average Bonchev–Trinajstić information content (AvgIpc) is 2.71. The summed E-state index contributed by atoms with van der Waals surface area (Å²) in [6, 6.07) is 5.82. The molecule has 3 N–H and O–H groups in total. The number of hydrogen-bond acceptors (Lipinski definition) is 3. The fourth-order valence-electron chi connectivity index (χ4n) is 2.24. The van der Waals surface area contributed by atoms with Crippen molar-refractivity contribution in [3.63, 3.8) is 0 Å². The van der Waals surface area contributed by atoms with E-state index in [1.807, 2.05) is 12.1 Å². The van der Waals surface area contributed by atoms with E-state index in [2.05, 4.69) is 4.90 Å². The second-order valence-corrected chi connectivity index (χ2v) is 4.71. The van der Waals surface area contributed by atoms with Crippen LogP contribution in [0.15, 0.2) is 18.2 Å². The molecule has 0 aliphatic carbocycles. The molecule has 88 valence electrons. The Balaban J connectivity index is 2.11. The van der Waals surface area contributed by atoms with Crippen molar-refractivity contribution < 1.29 is 5.11 Å². The molecule has 3 nitrogen and oxygen atoms in total. The number of halogens is 1. The van der Waals surface area contributed by atoms with Gasteiger partial charge in [-0.25, -0.2) is 0 Å². The van der Waals surface area contributed by atoms with Gasteiger partial charge in [-0.05, 0) is 43.1 Å². The maximum absolute atomic E-state index is 9.24. The third-order valence-corrected chi connectivity index (χ3v) is 3.52. The molecule has 0 saturated carbocycles. The maximum Gasteiger partial charge on any atom is 0.0587 e. The zero-order valence-corrected chi connectivity index (χ0v) is 9.95. The number of nitrogens with zero attached hydrogens (tertiary/aromatic N) is 1. The normalized spacial score (nSPS) is 21.5. The molecule has 1 atom stereocenters. The first-order valence-electron chi connectivity index (χ1n) is 5.59. The number of rotatable bonds is 3. The number of benzene rings is 1. The predicted molar refractivity (Wildman–Crippen MR) is 66.4 cm³/mol. The van der Waals surface area contributed by atoms with Crippen molar-refractivity contribution in [1.82, 2.24) is 4.90 Å². The van der Waals surface area contributed by atoms with Gasteiger partial charge in [0.05, 0.1) is 6.61 Å². The largest absolute Gasteiger partial charge is 0.399 e. The van der Waals surface area contributed by atoms with E-state index in [0.29, 0.717) is 0 Å². The first-order chi connectivity index (χ1) is 7.70. The van der Waals surface area contributed by atoms with Gasteiger partial charge < -0.3 is 10.8 Å². The summed E-state index contributed by atoms with van der Waals surface area (Å²) in [5.74, 6) is 0. The van der Waals surface area contributed by atoms with Crippen LogP contribution in [0.2, 0.25) is 5.02 Å². The lowest BCUT2D eigenvalue weighted by Gasteiger charge is -2.23. The standard InChI is InChI=1S/C12H17ClN2O/c13-12-4-3-10(14)6-9(12)7-15-5-1-2-11(15)8-16/h3-4,6,11,16H,1-2,5,7-8,14H2. The lowest BCUT2D eigenvalue weighted by atomic mass is 10.1. The number of likely N-dealkylation sites (tertiary alicyclic amines) is 1. The minimum Gasteiger partial charge on any atom is -0.399 e. The second kappa shape index (κ2) is 5.04. The summed E-state index contributed by atoms with van der Waals surface area (Å²) in [6.45, 7) is 2.02. The van der Waals surface area contributed by atoms with Crippen LogP contribution in [0.25, 0.3) is 0 Å². The Kier molecular flexibility index (Phi) is 3.69. The van der Waals surface area contributed by atoms with Crippen LogP contribution < -0.4 is 5.73 Å². The van der Waals surface area contributed by atoms with E-state index in [0.717, 1.165) is 42.2 Å². The Morgan fingerprint density at radius 1 is 1.50 bits per heavy atom. The van der Waals surface area contributed by atoms with Gasteiger partial charge in [0.15, 0.2) is 0 Å². The topological polar surface area (TPSA) is 49.5 Å². The Labute approximate surface area is 101 Å². The van der Waals surface area contributed by atoms with Gasteiger partial charge in [0.1, 0.15) is 0 Å². The van der Waals surface area contributed by atoms with Crippen LogP contribution in [-0.4, -0.2) is 29.2 Å². The van der Waals surface area contributed by atoms with E-state index in [9.17, 15) is 5.11 Å². The first-order valence-corrected chi connectivity index (χ1v) is 5.97. The van der Waals surface area contributed by atoms with Crippen molar-refractivity contribution in [3.8, 4) is 0 Å². The van der Waals surface area contributed by atoms with Crippen LogP contribution >= 0.6 is 11.6 Å². The molecule has 1 aromatic rings. The number of hydrogen-bond donors (Lipinski definition) is 2. The fraction of sp³-hybridized carbons (Fsp3) is 0.500. The molecule has 1 aliphatic heterocycles. The lowest BCUT2D eigenvalue weighted by Crippen LogP contribution is -2.31. The quantitative estimate of drug-likeness (QED) is 0.794. The molecule has 2 rings (SSSR count). The molecule has 16 heavy (non-hydrogen) atoms. The third kappa shape index (κ3) is 2.48. The highest BCUT2D eigenvalue weighted by Gasteiger charge is 2.24. The van der Waals surface area contributed by atoms with Gasteiger partial charge in [0.25, 0.3) is 0 Å². The Hall–Kier alpha value is -0.770. The molecule has 0 aromatic heterocycles. The molecular formula is C12H17ClN2O. The number of nitrogen functional groups attached to an aromatic ring is 1. The number of aliphatic hydroxyl groups is 1. The van der Waals surface area contributed by atoms with Crippen LogP contribution in [0, 0.1) is 0 Å². The molecular weight excluding hydrogens is 224 g/mol. The van der Waals surface area contributed by atoms with Gasteiger partial charge in [-0.2, -0.15) is 0 Å². The summed E-state index contributed by atoms with van der Waals surface area (Å²) in [4.78, 5) is 2.26. The molecule has 0 bridgehead atoms. The summed E-state index contributed by atoms with van der Waals surface area (Å²) in [7, 11) is 0. The molecule has 0 spiro atoms. The third-order valence-electron chi connectivity index (χ3n) is 3.15. The van der Waals surface area contributed by atoms with Gasteiger partial charge >= 0.3 is 0 Å². The van der Waals surface area contributed by atoms with Crippen molar-refractivity contribution in [1.29, 1.82) is 0 Å². The van der Waals surface area contributed by atoms with Gasteiger partial charge in [0.2, 0.25) is 0 Å². The highest BCUT2D eigenvalue weighted by molar-refractivity contribution is 6.31. The van der Waals surface area contributed by atoms with E-state index in [1.54, 1.807) is 6.07 Å². The summed E-state index contributed by atoms with van der Waals surface area (Å²) >= 11 is 6.12. The minimum atomic E-state index is 0.222. The number of nitrogens with two attached hydrogens (primary N) is 1. The molecule has 1 fully saturated rings. The smallest absolute Gasteiger partial charge is 0.0587 e. The van der Waals surface area contributed by atoms with E-state index in [1.165, 1.54) is 0 Å². The molecule has 0 amide bonds. The zero-order chi connectivity index (χ0) is 11.5. The SMILES string of the molecule is Nc1ccc(Cl)c(CN2CCCC2CO)c1. The fourth-order valence-corrected chi connectivity index (χ4v) is 2.42. The Bertz CT molecular complexity index is 370. The number of anilines is 1. The zero-order valence-electron chi connectivity index (χ0n) is 9.19. The van der Waals surface area contributed by atoms with Crippen molar-refractivity contribution in [2.45, 2.75) is 25.4 Å². The lowest BCUT2D eigenvalue weighted by molar-refractivity contribution is 0.153. The van der Waals surface area contributed by atoms with E-state index in [4.69, 9.17) is 17.3 Å². The molecule has 1 heterocycles. The van der Waals surface area contributed by atoms with Crippen molar-refractivity contribution in [3.05, 3.63) is 28.8 Å². The highest BCUT2D eigenvalue weighted by Crippen LogP contribution is 2.24. The van der Waals surface area contributed by atoms with Crippen LogP contribution in [0.1, 0.15) is 18.4 Å². The van der Waals surface area contributed by atoms with Crippen molar-refractivity contribution >= 4 is 17.3 Å². The molecule has 0 radical (unpaired) electrons. The summed E-state index contributed by atoms with van der Waals surface area (Å²) in [5, 5.41) is 9.99. The van der Waals surface area contributed by atoms with Crippen molar-refractivity contribution in [2.75, 3.05) is 18.9 Å². The van der Waals surface area contributed by atoms with Crippen LogP contribution in [0.5, 0.6) is 0 Å². The van der Waals surface area contributed by atoms with Crippen LogP contribution in [-0.2, 0) is 6.54 Å². The van der Waals surface area contributed by atoms with Gasteiger partial charge in [0, 0.05) is 23.3 Å². The van der Waals surface area contributed by atoms with Crippen LogP contribution in [0.3, 0.4) is 0 Å². The second-order valence-electron chi connectivity index (χ2n) is 4.30. The highest BCUT2D eigenvalue weighted by atomic mass is 35.5. The summed E-state index contributed by atoms with van der Waals surface area (Å²) < 4.78 is 0. The Morgan fingerprint density at radius 3 is 3.06 bits per heavy atom. The summed E-state index contributed by atoms with van der Waals surface area (Å²) in [6.07, 6.45) is 2.21. The van der Waals surface area contributed by atoms with Gasteiger partial charge in [-0.15, -0.1) is 0 Å². The first kappa shape index (κ1) is 11.7. The molecule has 1 unspecified atom stereocenters. The van der Waals surface area contributed by atoms with E-state index >= 15 is 0 Å². The average molecular weight is 241 g/mol.